The van der Waals surface area contributed by atoms with Gasteiger partial charge in [0.05, 0.1) is 5.69 Å². The number of aryl methyl sites for hydroxylation is 2. The Labute approximate surface area is 133 Å². The van der Waals surface area contributed by atoms with Crippen molar-refractivity contribution in [2.75, 3.05) is 4.72 Å². The van der Waals surface area contributed by atoms with Gasteiger partial charge in [-0.25, -0.2) is 0 Å². The van der Waals surface area contributed by atoms with Crippen LogP contribution in [0.25, 0.3) is 11.7 Å². The molecule has 2 heterocycles. The van der Waals surface area contributed by atoms with Gasteiger partial charge in [0.2, 0.25) is 11.0 Å². The minimum Gasteiger partial charge on any atom is -0.438 e. The monoisotopic (exact) mass is 333 g/mol. The molecule has 0 amide bonds. The molecule has 0 saturated heterocycles. The Bertz CT molecular complexity index is 928. The van der Waals surface area contributed by atoms with Crippen LogP contribution in [0, 0.1) is 6.92 Å². The molecule has 0 aliphatic carbocycles. The lowest BCUT2D eigenvalue weighted by Crippen LogP contribution is -2.13. The van der Waals surface area contributed by atoms with Crippen LogP contribution < -0.4 is 4.72 Å². The first-order chi connectivity index (χ1) is 11.0. The van der Waals surface area contributed by atoms with E-state index in [-0.39, 0.29) is 16.7 Å². The van der Waals surface area contributed by atoms with Crippen molar-refractivity contribution in [3.8, 4) is 11.7 Å². The standard InChI is InChI=1S/C15H15N3O4S/c1-3-11-6-4-5-7-12(11)18-23(19,20)14-9-8-13(22-14)15-17-16-10(2)21-15/h4-9,18H,3H2,1-2H3. The molecule has 0 radical (unpaired) electrons. The van der Waals surface area contributed by atoms with E-state index in [1.54, 1.807) is 19.1 Å². The largest absolute Gasteiger partial charge is 0.438 e. The SMILES string of the molecule is CCc1ccccc1NS(=O)(=O)c1ccc(-c2nnc(C)o2)o1. The van der Waals surface area contributed by atoms with Crippen molar-refractivity contribution in [2.24, 2.45) is 0 Å². The highest BCUT2D eigenvalue weighted by Gasteiger charge is 2.22. The average Bonchev–Trinajstić information content (AvgIpc) is 3.16. The number of benzene rings is 1. The summed E-state index contributed by atoms with van der Waals surface area (Å²) in [5.41, 5.74) is 1.43. The highest BCUT2D eigenvalue weighted by molar-refractivity contribution is 7.92. The molecule has 0 fully saturated rings. The molecule has 0 spiro atoms. The third-order valence-electron chi connectivity index (χ3n) is 3.23. The zero-order valence-electron chi connectivity index (χ0n) is 12.6. The first kappa shape index (κ1) is 15.3. The highest BCUT2D eigenvalue weighted by Crippen LogP contribution is 2.26. The van der Waals surface area contributed by atoms with Crippen LogP contribution in [-0.2, 0) is 16.4 Å². The summed E-state index contributed by atoms with van der Waals surface area (Å²) in [6.07, 6.45) is 0.712. The van der Waals surface area contributed by atoms with E-state index in [0.29, 0.717) is 18.0 Å². The van der Waals surface area contributed by atoms with E-state index in [1.807, 2.05) is 19.1 Å². The summed E-state index contributed by atoms with van der Waals surface area (Å²) >= 11 is 0. The molecule has 0 aliphatic rings. The number of para-hydroxylation sites is 1. The van der Waals surface area contributed by atoms with Crippen molar-refractivity contribution < 1.29 is 17.3 Å². The Balaban J connectivity index is 1.90. The number of hydrogen-bond acceptors (Lipinski definition) is 6. The zero-order valence-corrected chi connectivity index (χ0v) is 13.4. The minimum atomic E-state index is -3.83. The van der Waals surface area contributed by atoms with E-state index in [9.17, 15) is 8.42 Å². The molecule has 0 unspecified atom stereocenters. The van der Waals surface area contributed by atoms with E-state index in [0.717, 1.165) is 5.56 Å². The van der Waals surface area contributed by atoms with Crippen LogP contribution in [0.4, 0.5) is 5.69 Å². The third-order valence-corrected chi connectivity index (χ3v) is 4.46. The summed E-state index contributed by atoms with van der Waals surface area (Å²) in [6, 6.07) is 10.0. The maximum absolute atomic E-state index is 12.4. The fraction of sp³-hybridized carbons (Fsp3) is 0.200. The van der Waals surface area contributed by atoms with E-state index >= 15 is 0 Å². The van der Waals surface area contributed by atoms with E-state index in [2.05, 4.69) is 14.9 Å². The molecular formula is C15H15N3O4S. The zero-order chi connectivity index (χ0) is 16.4. The second kappa shape index (κ2) is 5.88. The Morgan fingerprint density at radius 2 is 1.87 bits per heavy atom. The fourth-order valence-corrected chi connectivity index (χ4v) is 3.13. The Hall–Kier alpha value is -2.61. The van der Waals surface area contributed by atoms with Crippen LogP contribution in [0.2, 0.25) is 0 Å². The maximum Gasteiger partial charge on any atom is 0.295 e. The number of sulfonamides is 1. The molecule has 3 aromatic rings. The van der Waals surface area contributed by atoms with Crippen molar-refractivity contribution in [3.05, 3.63) is 47.9 Å². The van der Waals surface area contributed by atoms with Crippen LogP contribution in [0.15, 0.2) is 50.3 Å². The van der Waals surface area contributed by atoms with Crippen molar-refractivity contribution in [1.82, 2.24) is 10.2 Å². The van der Waals surface area contributed by atoms with Crippen LogP contribution >= 0.6 is 0 Å². The summed E-state index contributed by atoms with van der Waals surface area (Å²) < 4.78 is 38.0. The number of furan rings is 1. The number of anilines is 1. The van der Waals surface area contributed by atoms with Crippen LogP contribution in [-0.4, -0.2) is 18.6 Å². The predicted octanol–water partition coefficient (Wildman–Crippen LogP) is 3.00. The van der Waals surface area contributed by atoms with E-state index in [1.165, 1.54) is 12.1 Å². The molecule has 3 rings (SSSR count). The maximum atomic E-state index is 12.4. The van der Waals surface area contributed by atoms with Gasteiger partial charge < -0.3 is 8.83 Å². The van der Waals surface area contributed by atoms with Gasteiger partial charge in [0.1, 0.15) is 0 Å². The van der Waals surface area contributed by atoms with E-state index in [4.69, 9.17) is 8.83 Å². The van der Waals surface area contributed by atoms with Crippen LogP contribution in [0.3, 0.4) is 0 Å². The normalized spacial score (nSPS) is 11.6. The van der Waals surface area contributed by atoms with Gasteiger partial charge in [-0.3, -0.25) is 4.72 Å². The van der Waals surface area contributed by atoms with Gasteiger partial charge in [0.15, 0.2) is 5.76 Å². The van der Waals surface area contributed by atoms with Crippen molar-refractivity contribution in [2.45, 2.75) is 25.4 Å². The Morgan fingerprint density at radius 1 is 1.09 bits per heavy atom. The van der Waals surface area contributed by atoms with Gasteiger partial charge in [0.25, 0.3) is 15.9 Å². The molecule has 0 saturated carbocycles. The average molecular weight is 333 g/mol. The number of nitrogens with zero attached hydrogens (tertiary/aromatic N) is 2. The molecule has 0 bridgehead atoms. The summed E-state index contributed by atoms with van der Waals surface area (Å²) in [6.45, 7) is 3.59. The molecule has 23 heavy (non-hydrogen) atoms. The molecular weight excluding hydrogens is 318 g/mol. The summed E-state index contributed by atoms with van der Waals surface area (Å²) in [4.78, 5) is 0. The van der Waals surface area contributed by atoms with Crippen LogP contribution in [0.1, 0.15) is 18.4 Å². The number of hydrogen-bond donors (Lipinski definition) is 1. The summed E-state index contributed by atoms with van der Waals surface area (Å²) in [5.74, 6) is 0.712. The number of nitrogens with one attached hydrogen (secondary N) is 1. The molecule has 8 heteroatoms. The van der Waals surface area contributed by atoms with Gasteiger partial charge in [-0.15, -0.1) is 10.2 Å². The van der Waals surface area contributed by atoms with Gasteiger partial charge in [-0.1, -0.05) is 25.1 Å². The van der Waals surface area contributed by atoms with Crippen molar-refractivity contribution >= 4 is 15.7 Å². The van der Waals surface area contributed by atoms with Gasteiger partial charge in [0, 0.05) is 6.92 Å². The first-order valence-electron chi connectivity index (χ1n) is 7.00. The highest BCUT2D eigenvalue weighted by atomic mass is 32.2. The van der Waals surface area contributed by atoms with Gasteiger partial charge in [-0.2, -0.15) is 8.42 Å². The lowest BCUT2D eigenvalue weighted by atomic mass is 10.1. The number of rotatable bonds is 5. The van der Waals surface area contributed by atoms with Crippen LogP contribution in [0.5, 0.6) is 0 Å². The molecule has 0 atom stereocenters. The molecule has 2 aromatic heterocycles. The molecule has 1 N–H and O–H groups in total. The minimum absolute atomic E-state index is 0.137. The summed E-state index contributed by atoms with van der Waals surface area (Å²) in [5, 5.41) is 7.27. The third kappa shape index (κ3) is 3.11. The quantitative estimate of drug-likeness (QED) is 0.770. The second-order valence-corrected chi connectivity index (χ2v) is 6.47. The van der Waals surface area contributed by atoms with Gasteiger partial charge in [-0.05, 0) is 30.2 Å². The molecule has 0 aliphatic heterocycles. The summed E-state index contributed by atoms with van der Waals surface area (Å²) in [7, 11) is -3.83. The topological polar surface area (TPSA) is 98.2 Å². The molecule has 7 nitrogen and oxygen atoms in total. The van der Waals surface area contributed by atoms with Crippen molar-refractivity contribution in [3.63, 3.8) is 0 Å². The predicted molar refractivity (Wildman–Crippen MR) is 83.4 cm³/mol. The second-order valence-electron chi connectivity index (χ2n) is 4.86. The smallest absolute Gasteiger partial charge is 0.295 e. The first-order valence-corrected chi connectivity index (χ1v) is 8.49. The Kier molecular flexibility index (Phi) is 3.91. The number of aromatic nitrogens is 2. The lowest BCUT2D eigenvalue weighted by molar-refractivity contribution is 0.439. The van der Waals surface area contributed by atoms with E-state index < -0.39 is 10.0 Å². The molecule has 120 valence electrons. The Morgan fingerprint density at radius 3 is 2.57 bits per heavy atom. The van der Waals surface area contributed by atoms with Crippen molar-refractivity contribution in [1.29, 1.82) is 0 Å². The van der Waals surface area contributed by atoms with Gasteiger partial charge >= 0.3 is 0 Å². The molecule has 1 aromatic carbocycles. The fourth-order valence-electron chi connectivity index (χ4n) is 2.10. The lowest BCUT2D eigenvalue weighted by Gasteiger charge is -2.09.